The number of nitrogens with zero attached hydrogens (tertiary/aromatic N) is 1. The molecule has 0 aliphatic heterocycles. The Hall–Kier alpha value is -2.73. The van der Waals surface area contributed by atoms with E-state index in [4.69, 9.17) is 13.9 Å². The quantitative estimate of drug-likeness (QED) is 0.636. The average molecular weight is 357 g/mol. The fourth-order valence-electron chi connectivity index (χ4n) is 2.54. The van der Waals surface area contributed by atoms with Crippen LogP contribution < -0.4 is 9.47 Å². The molecule has 0 atom stereocenters. The summed E-state index contributed by atoms with van der Waals surface area (Å²) in [4.78, 5) is 14.8. The highest BCUT2D eigenvalue weighted by Gasteiger charge is 2.19. The van der Waals surface area contributed by atoms with Crippen molar-refractivity contribution in [1.82, 2.24) is 4.90 Å². The van der Waals surface area contributed by atoms with Gasteiger partial charge in [-0.05, 0) is 52.7 Å². The molecule has 25 heavy (non-hydrogen) atoms. The molecule has 0 radical (unpaired) electrons. The van der Waals surface area contributed by atoms with Crippen LogP contribution in [0, 0.1) is 0 Å². The second kappa shape index (κ2) is 7.90. The van der Waals surface area contributed by atoms with Gasteiger partial charge < -0.3 is 18.8 Å². The van der Waals surface area contributed by atoms with Crippen molar-refractivity contribution in [1.29, 1.82) is 0 Å². The first-order valence-corrected chi connectivity index (χ1v) is 8.70. The molecule has 6 heteroatoms. The first-order chi connectivity index (χ1) is 12.2. The fourth-order valence-corrected chi connectivity index (χ4v) is 3.20. The van der Waals surface area contributed by atoms with Gasteiger partial charge in [-0.3, -0.25) is 4.79 Å². The molecule has 0 spiro atoms. The minimum Gasteiger partial charge on any atom is -0.493 e. The number of carbonyl (C=O) groups is 1. The first-order valence-electron chi connectivity index (χ1n) is 7.76. The number of hydrogen-bond acceptors (Lipinski definition) is 5. The summed E-state index contributed by atoms with van der Waals surface area (Å²) < 4.78 is 16.0. The third-order valence-electron chi connectivity index (χ3n) is 3.80. The van der Waals surface area contributed by atoms with Crippen molar-refractivity contribution in [3.05, 3.63) is 70.3 Å². The van der Waals surface area contributed by atoms with E-state index in [0.29, 0.717) is 30.2 Å². The number of amides is 1. The Morgan fingerprint density at radius 2 is 1.96 bits per heavy atom. The number of furan rings is 1. The SMILES string of the molecule is COc1ccc(C(=O)N(Cc2ccsc2)Cc2ccco2)cc1OC. The third-order valence-corrected chi connectivity index (χ3v) is 4.53. The minimum atomic E-state index is -0.0939. The van der Waals surface area contributed by atoms with Crippen LogP contribution in [0.5, 0.6) is 11.5 Å². The fraction of sp³-hybridized carbons (Fsp3) is 0.211. The molecule has 0 saturated heterocycles. The van der Waals surface area contributed by atoms with Gasteiger partial charge in [-0.15, -0.1) is 0 Å². The van der Waals surface area contributed by atoms with Crippen LogP contribution in [-0.2, 0) is 13.1 Å². The highest BCUT2D eigenvalue weighted by Crippen LogP contribution is 2.28. The summed E-state index contributed by atoms with van der Waals surface area (Å²) in [6.45, 7) is 0.910. The lowest BCUT2D eigenvalue weighted by molar-refractivity contribution is 0.0717. The van der Waals surface area contributed by atoms with Crippen LogP contribution in [0.2, 0.25) is 0 Å². The monoisotopic (exact) mass is 357 g/mol. The maximum Gasteiger partial charge on any atom is 0.254 e. The summed E-state index contributed by atoms with van der Waals surface area (Å²) in [6.07, 6.45) is 1.61. The molecule has 1 aromatic carbocycles. The zero-order valence-corrected chi connectivity index (χ0v) is 14.9. The molecule has 130 valence electrons. The standard InChI is InChI=1S/C19H19NO4S/c1-22-17-6-5-15(10-18(17)23-2)19(21)20(11-14-7-9-25-13-14)12-16-4-3-8-24-16/h3-10,13H,11-12H2,1-2H3. The minimum absolute atomic E-state index is 0.0939. The lowest BCUT2D eigenvalue weighted by Gasteiger charge is -2.22. The number of thiophene rings is 1. The Bertz CT molecular complexity index is 776. The predicted molar refractivity (Wildman–Crippen MR) is 96.2 cm³/mol. The van der Waals surface area contributed by atoms with Crippen molar-refractivity contribution in [2.45, 2.75) is 13.1 Å². The molecule has 0 saturated carbocycles. The first kappa shape index (κ1) is 17.1. The molecule has 2 heterocycles. The van der Waals surface area contributed by atoms with E-state index >= 15 is 0 Å². The number of methoxy groups -OCH3 is 2. The molecule has 3 rings (SSSR count). The number of benzene rings is 1. The lowest BCUT2D eigenvalue weighted by Crippen LogP contribution is -2.29. The molecular formula is C19H19NO4S. The highest BCUT2D eigenvalue weighted by molar-refractivity contribution is 7.07. The summed E-state index contributed by atoms with van der Waals surface area (Å²) in [7, 11) is 3.12. The van der Waals surface area contributed by atoms with E-state index in [1.54, 1.807) is 54.9 Å². The van der Waals surface area contributed by atoms with Gasteiger partial charge in [0.1, 0.15) is 5.76 Å². The van der Waals surface area contributed by atoms with Crippen LogP contribution in [0.25, 0.3) is 0 Å². The lowest BCUT2D eigenvalue weighted by atomic mass is 10.1. The van der Waals surface area contributed by atoms with Crippen molar-refractivity contribution in [2.75, 3.05) is 14.2 Å². The van der Waals surface area contributed by atoms with Crippen LogP contribution in [-0.4, -0.2) is 25.0 Å². The van der Waals surface area contributed by atoms with Gasteiger partial charge in [0.2, 0.25) is 0 Å². The van der Waals surface area contributed by atoms with Crippen molar-refractivity contribution < 1.29 is 18.7 Å². The van der Waals surface area contributed by atoms with Gasteiger partial charge >= 0.3 is 0 Å². The Balaban J connectivity index is 1.87. The number of ether oxygens (including phenoxy) is 2. The topological polar surface area (TPSA) is 51.9 Å². The Labute approximate surface area is 150 Å². The number of hydrogen-bond donors (Lipinski definition) is 0. The molecule has 0 fully saturated rings. The van der Waals surface area contributed by atoms with Gasteiger partial charge in [-0.1, -0.05) is 0 Å². The van der Waals surface area contributed by atoms with E-state index in [-0.39, 0.29) is 5.91 Å². The number of rotatable bonds is 7. The van der Waals surface area contributed by atoms with Gasteiger partial charge in [0.05, 0.1) is 27.0 Å². The summed E-state index contributed by atoms with van der Waals surface area (Å²) in [5, 5.41) is 4.04. The smallest absolute Gasteiger partial charge is 0.254 e. The van der Waals surface area contributed by atoms with Gasteiger partial charge in [0.25, 0.3) is 5.91 Å². The van der Waals surface area contributed by atoms with E-state index in [9.17, 15) is 4.79 Å². The van der Waals surface area contributed by atoms with E-state index in [1.807, 2.05) is 29.0 Å². The van der Waals surface area contributed by atoms with E-state index in [2.05, 4.69) is 0 Å². The van der Waals surface area contributed by atoms with Crippen molar-refractivity contribution in [3.63, 3.8) is 0 Å². The molecule has 0 aliphatic carbocycles. The van der Waals surface area contributed by atoms with Crippen LogP contribution in [0.3, 0.4) is 0 Å². The van der Waals surface area contributed by atoms with Gasteiger partial charge in [0, 0.05) is 12.1 Å². The predicted octanol–water partition coefficient (Wildman–Crippen LogP) is 4.20. The third kappa shape index (κ3) is 4.03. The molecule has 0 N–H and O–H groups in total. The van der Waals surface area contributed by atoms with E-state index < -0.39 is 0 Å². The number of carbonyl (C=O) groups excluding carboxylic acids is 1. The molecular weight excluding hydrogens is 338 g/mol. The molecule has 2 aromatic heterocycles. The van der Waals surface area contributed by atoms with Crippen LogP contribution in [0.15, 0.2) is 57.8 Å². The van der Waals surface area contributed by atoms with Crippen LogP contribution in [0.1, 0.15) is 21.7 Å². The average Bonchev–Trinajstić information content (AvgIpc) is 3.34. The van der Waals surface area contributed by atoms with Gasteiger partial charge in [-0.2, -0.15) is 11.3 Å². The Kier molecular flexibility index (Phi) is 5.40. The molecule has 0 aliphatic rings. The molecule has 0 unspecified atom stereocenters. The zero-order chi connectivity index (χ0) is 17.6. The second-order valence-corrected chi connectivity index (χ2v) is 6.22. The Morgan fingerprint density at radius 3 is 2.60 bits per heavy atom. The molecule has 0 bridgehead atoms. The van der Waals surface area contributed by atoms with E-state index in [0.717, 1.165) is 11.3 Å². The van der Waals surface area contributed by atoms with Crippen LogP contribution >= 0.6 is 11.3 Å². The molecule has 1 amide bonds. The zero-order valence-electron chi connectivity index (χ0n) is 14.1. The largest absolute Gasteiger partial charge is 0.493 e. The highest BCUT2D eigenvalue weighted by atomic mass is 32.1. The summed E-state index contributed by atoms with van der Waals surface area (Å²) >= 11 is 1.61. The summed E-state index contributed by atoms with van der Waals surface area (Å²) in [5.74, 6) is 1.77. The van der Waals surface area contributed by atoms with Gasteiger partial charge in [-0.25, -0.2) is 0 Å². The normalized spacial score (nSPS) is 10.5. The summed E-state index contributed by atoms with van der Waals surface area (Å²) in [5.41, 5.74) is 1.63. The van der Waals surface area contributed by atoms with Crippen molar-refractivity contribution in [3.8, 4) is 11.5 Å². The Morgan fingerprint density at radius 1 is 1.12 bits per heavy atom. The van der Waals surface area contributed by atoms with Crippen molar-refractivity contribution >= 4 is 17.2 Å². The molecule has 3 aromatic rings. The van der Waals surface area contributed by atoms with Gasteiger partial charge in [0.15, 0.2) is 11.5 Å². The maximum absolute atomic E-state index is 13.1. The second-order valence-electron chi connectivity index (χ2n) is 5.44. The maximum atomic E-state index is 13.1. The van der Waals surface area contributed by atoms with E-state index in [1.165, 1.54) is 0 Å². The van der Waals surface area contributed by atoms with Crippen LogP contribution in [0.4, 0.5) is 0 Å². The molecule has 5 nitrogen and oxygen atoms in total. The summed E-state index contributed by atoms with van der Waals surface area (Å²) in [6, 6.07) is 10.9. The van der Waals surface area contributed by atoms with Crippen molar-refractivity contribution in [2.24, 2.45) is 0 Å².